The number of carbonyl (C=O) groups excluding carboxylic acids is 1. The van der Waals surface area contributed by atoms with Gasteiger partial charge in [0.2, 0.25) is 0 Å². The predicted molar refractivity (Wildman–Crippen MR) is 47.5 cm³/mol. The second kappa shape index (κ2) is 4.01. The molecule has 68 valence electrons. The highest BCUT2D eigenvalue weighted by Gasteiger charge is 2.16. The summed E-state index contributed by atoms with van der Waals surface area (Å²) in [6.07, 6.45) is 0. The van der Waals surface area contributed by atoms with Gasteiger partial charge in [0.05, 0.1) is 11.3 Å². The van der Waals surface area contributed by atoms with Crippen molar-refractivity contribution in [3.05, 3.63) is 16.1 Å². The Labute approximate surface area is 79.9 Å². The molecule has 0 aromatic carbocycles. The molecule has 5 heteroatoms. The molecule has 0 saturated heterocycles. The third-order valence-corrected chi connectivity index (χ3v) is 2.35. The van der Waals surface area contributed by atoms with Gasteiger partial charge in [-0.2, -0.15) is 9.64 Å². The second-order valence-electron chi connectivity index (χ2n) is 2.43. The van der Waals surface area contributed by atoms with E-state index in [1.807, 2.05) is 0 Å². The van der Waals surface area contributed by atoms with Crippen LogP contribution < -0.4 is 0 Å². The molecule has 4 nitrogen and oxygen atoms in total. The summed E-state index contributed by atoms with van der Waals surface area (Å²) in [6.45, 7) is 3.33. The van der Waals surface area contributed by atoms with Crippen molar-refractivity contribution in [1.29, 1.82) is 5.26 Å². The fraction of sp³-hybridized carbons (Fsp3) is 0.375. The van der Waals surface area contributed by atoms with E-state index in [4.69, 9.17) is 5.26 Å². The minimum Gasteiger partial charge on any atom is -0.447 e. The van der Waals surface area contributed by atoms with E-state index in [9.17, 15) is 4.79 Å². The highest BCUT2D eigenvalue weighted by molar-refractivity contribution is 7.06. The molecule has 0 N–H and O–H groups in total. The van der Waals surface area contributed by atoms with Gasteiger partial charge in [0, 0.05) is 4.88 Å². The molecule has 13 heavy (non-hydrogen) atoms. The molecule has 0 saturated carbocycles. The van der Waals surface area contributed by atoms with Gasteiger partial charge in [-0.25, -0.2) is 4.79 Å². The van der Waals surface area contributed by atoms with Crippen molar-refractivity contribution in [2.75, 3.05) is 6.61 Å². The number of nitrogens with zero attached hydrogens (tertiary/aromatic N) is 2. The summed E-state index contributed by atoms with van der Waals surface area (Å²) in [6, 6.07) is 1.74. The molecule has 0 amide bonds. The lowest BCUT2D eigenvalue weighted by atomic mass is 10.2. The lowest BCUT2D eigenvalue weighted by molar-refractivity contribution is 0.0554. The number of carbonyl (C=O) groups is 1. The summed E-state index contributed by atoms with van der Waals surface area (Å²) in [7, 11) is 0. The molecular weight excluding hydrogens is 188 g/mol. The van der Waals surface area contributed by atoms with Crippen molar-refractivity contribution < 1.29 is 9.53 Å². The van der Waals surface area contributed by atoms with Gasteiger partial charge in [0.15, 0.2) is 6.61 Å². The fourth-order valence-corrected chi connectivity index (χ4v) is 1.63. The van der Waals surface area contributed by atoms with Crippen molar-refractivity contribution in [2.45, 2.75) is 13.8 Å². The summed E-state index contributed by atoms with van der Waals surface area (Å²) in [5.74, 6) is -0.467. The van der Waals surface area contributed by atoms with Gasteiger partial charge in [-0.1, -0.05) is 0 Å². The van der Waals surface area contributed by atoms with Crippen LogP contribution in [-0.4, -0.2) is 16.9 Å². The van der Waals surface area contributed by atoms with Crippen molar-refractivity contribution >= 4 is 17.5 Å². The van der Waals surface area contributed by atoms with Crippen LogP contribution in [0.5, 0.6) is 0 Å². The number of aromatic nitrogens is 1. The van der Waals surface area contributed by atoms with E-state index < -0.39 is 5.97 Å². The molecule has 0 spiro atoms. The monoisotopic (exact) mass is 196 g/mol. The Bertz CT molecular complexity index is 345. The van der Waals surface area contributed by atoms with Crippen LogP contribution in [0, 0.1) is 25.2 Å². The van der Waals surface area contributed by atoms with Crippen LogP contribution in [0.1, 0.15) is 20.9 Å². The van der Waals surface area contributed by atoms with E-state index in [0.29, 0.717) is 11.3 Å². The molecule has 0 atom stereocenters. The highest BCUT2D eigenvalue weighted by atomic mass is 32.1. The molecule has 0 aliphatic carbocycles. The van der Waals surface area contributed by atoms with Gasteiger partial charge in [-0.15, -0.1) is 0 Å². The highest BCUT2D eigenvalue weighted by Crippen LogP contribution is 2.17. The smallest absolute Gasteiger partial charge is 0.342 e. The van der Waals surface area contributed by atoms with Gasteiger partial charge in [0.25, 0.3) is 0 Å². The van der Waals surface area contributed by atoms with Crippen LogP contribution in [0.4, 0.5) is 0 Å². The summed E-state index contributed by atoms with van der Waals surface area (Å²) in [4.78, 5) is 12.1. The summed E-state index contributed by atoms with van der Waals surface area (Å²) < 4.78 is 8.67. The third kappa shape index (κ3) is 2.04. The Morgan fingerprint density at radius 2 is 2.38 bits per heavy atom. The lowest BCUT2D eigenvalue weighted by Crippen LogP contribution is -2.07. The minimum atomic E-state index is -0.467. The van der Waals surface area contributed by atoms with Crippen LogP contribution in [-0.2, 0) is 4.74 Å². The summed E-state index contributed by atoms with van der Waals surface area (Å²) in [5.41, 5.74) is 1.14. The Balaban J connectivity index is 2.83. The molecule has 0 radical (unpaired) electrons. The standard InChI is InChI=1S/C8H8N2O2S/c1-5-7(6(2)13-10-5)8(11)12-4-3-9/h4H2,1-2H3. The van der Waals surface area contributed by atoms with Gasteiger partial charge in [-0.3, -0.25) is 0 Å². The lowest BCUT2D eigenvalue weighted by Gasteiger charge is -1.98. The molecule has 0 bridgehead atoms. The first-order valence-corrected chi connectivity index (χ1v) is 4.41. The third-order valence-electron chi connectivity index (χ3n) is 1.51. The molecule has 1 rings (SSSR count). The quantitative estimate of drug-likeness (QED) is 0.671. The van der Waals surface area contributed by atoms with Crippen LogP contribution in [0.3, 0.4) is 0 Å². The first-order valence-electron chi connectivity index (χ1n) is 3.63. The zero-order valence-electron chi connectivity index (χ0n) is 7.33. The molecule has 1 aromatic heterocycles. The molecule has 0 unspecified atom stereocenters. The average Bonchev–Trinajstić information content (AvgIpc) is 2.42. The molecular formula is C8H8N2O2S. The van der Waals surface area contributed by atoms with E-state index in [1.54, 1.807) is 19.9 Å². The van der Waals surface area contributed by atoms with Crippen LogP contribution in [0.25, 0.3) is 0 Å². The molecule has 1 heterocycles. The van der Waals surface area contributed by atoms with E-state index in [2.05, 4.69) is 9.11 Å². The van der Waals surface area contributed by atoms with E-state index in [0.717, 1.165) is 4.88 Å². The second-order valence-corrected chi connectivity index (χ2v) is 3.41. The maximum Gasteiger partial charge on any atom is 0.342 e. The molecule has 1 aromatic rings. The normalized spacial score (nSPS) is 9.31. The number of aryl methyl sites for hydroxylation is 2. The topological polar surface area (TPSA) is 63.0 Å². The summed E-state index contributed by atoms with van der Waals surface area (Å²) in [5, 5.41) is 8.21. The zero-order chi connectivity index (χ0) is 9.84. The van der Waals surface area contributed by atoms with Gasteiger partial charge in [0.1, 0.15) is 6.07 Å². The number of hydrogen-bond donors (Lipinski definition) is 0. The van der Waals surface area contributed by atoms with Gasteiger partial charge >= 0.3 is 5.97 Å². The van der Waals surface area contributed by atoms with Crippen LogP contribution in [0.15, 0.2) is 0 Å². The van der Waals surface area contributed by atoms with Gasteiger partial charge in [-0.05, 0) is 25.4 Å². The van der Waals surface area contributed by atoms with Crippen molar-refractivity contribution in [3.63, 3.8) is 0 Å². The van der Waals surface area contributed by atoms with Crippen LogP contribution in [0.2, 0.25) is 0 Å². The van der Waals surface area contributed by atoms with Gasteiger partial charge < -0.3 is 4.74 Å². The molecule has 0 aliphatic rings. The minimum absolute atomic E-state index is 0.215. The number of ether oxygens (including phenoxy) is 1. The van der Waals surface area contributed by atoms with Crippen LogP contribution >= 0.6 is 11.5 Å². The maximum atomic E-state index is 11.3. The van der Waals surface area contributed by atoms with E-state index >= 15 is 0 Å². The first-order chi connectivity index (χ1) is 6.16. The maximum absolute atomic E-state index is 11.3. The number of nitriles is 1. The first kappa shape index (κ1) is 9.68. The zero-order valence-corrected chi connectivity index (χ0v) is 8.14. The van der Waals surface area contributed by atoms with Crippen molar-refractivity contribution in [2.24, 2.45) is 0 Å². The Hall–Kier alpha value is -1.41. The number of rotatable bonds is 2. The molecule has 0 aliphatic heterocycles. The number of hydrogen-bond acceptors (Lipinski definition) is 5. The SMILES string of the molecule is Cc1nsc(C)c1C(=O)OCC#N. The Morgan fingerprint density at radius 1 is 1.69 bits per heavy atom. The van der Waals surface area contributed by atoms with E-state index in [-0.39, 0.29) is 6.61 Å². The Morgan fingerprint density at radius 3 is 2.85 bits per heavy atom. The molecule has 0 fully saturated rings. The Kier molecular flexibility index (Phi) is 2.98. The summed E-state index contributed by atoms with van der Waals surface area (Å²) >= 11 is 1.26. The van der Waals surface area contributed by atoms with E-state index in [1.165, 1.54) is 11.5 Å². The van der Waals surface area contributed by atoms with Crippen molar-refractivity contribution in [3.8, 4) is 6.07 Å². The average molecular weight is 196 g/mol. The largest absolute Gasteiger partial charge is 0.447 e. The van der Waals surface area contributed by atoms with Crippen molar-refractivity contribution in [1.82, 2.24) is 4.37 Å². The number of esters is 1. The predicted octanol–water partition coefficient (Wildman–Crippen LogP) is 1.44. The fourth-order valence-electron chi connectivity index (χ4n) is 0.944.